The van der Waals surface area contributed by atoms with E-state index in [0.717, 1.165) is 45.0 Å². The molecule has 0 saturated heterocycles. The monoisotopic (exact) mass is 319 g/mol. The molecule has 0 aliphatic heterocycles. The van der Waals surface area contributed by atoms with Gasteiger partial charge in [-0.05, 0) is 39.7 Å². The molecule has 1 amide bonds. The summed E-state index contributed by atoms with van der Waals surface area (Å²) in [5.41, 5.74) is 1.95. The molecule has 0 aromatic carbocycles. The van der Waals surface area contributed by atoms with E-state index in [-0.39, 0.29) is 11.9 Å². The molecule has 2 aromatic heterocycles. The maximum Gasteiger partial charge on any atom is 0.261 e. The second kappa shape index (κ2) is 7.18. The summed E-state index contributed by atoms with van der Waals surface area (Å²) in [6.07, 6.45) is 4.61. The second-order valence-corrected chi connectivity index (χ2v) is 6.96. The Morgan fingerprint density at radius 3 is 2.64 bits per heavy atom. The van der Waals surface area contributed by atoms with Crippen molar-refractivity contribution in [3.63, 3.8) is 0 Å². The zero-order chi connectivity index (χ0) is 16.3. The summed E-state index contributed by atoms with van der Waals surface area (Å²) in [5, 5.41) is 4.14. The van der Waals surface area contributed by atoms with Gasteiger partial charge in [-0.15, -0.1) is 11.3 Å². The molecule has 0 aliphatic rings. The SMILES string of the molecule is CCCCCC(C)NC(=O)c1sc2nc(C)nc(C)c2c1C. The largest absolute Gasteiger partial charge is 0.349 e. The molecular formula is C17H25N3OS. The maximum atomic E-state index is 12.5. The number of hydrogen-bond acceptors (Lipinski definition) is 4. The quantitative estimate of drug-likeness (QED) is 0.807. The molecular weight excluding hydrogens is 294 g/mol. The van der Waals surface area contributed by atoms with Crippen LogP contribution >= 0.6 is 11.3 Å². The van der Waals surface area contributed by atoms with Crippen LogP contribution in [0.2, 0.25) is 0 Å². The molecule has 5 heteroatoms. The lowest BCUT2D eigenvalue weighted by atomic mass is 10.1. The number of fused-ring (bicyclic) bond motifs is 1. The summed E-state index contributed by atoms with van der Waals surface area (Å²) >= 11 is 1.47. The van der Waals surface area contributed by atoms with Crippen molar-refractivity contribution in [3.05, 3.63) is 22.0 Å². The number of nitrogens with zero attached hydrogens (tertiary/aromatic N) is 2. The molecule has 0 saturated carbocycles. The number of hydrogen-bond donors (Lipinski definition) is 1. The lowest BCUT2D eigenvalue weighted by Gasteiger charge is -2.13. The van der Waals surface area contributed by atoms with E-state index in [1.54, 1.807) is 0 Å². The van der Waals surface area contributed by atoms with Crippen molar-refractivity contribution < 1.29 is 4.79 Å². The highest BCUT2D eigenvalue weighted by atomic mass is 32.1. The van der Waals surface area contributed by atoms with Gasteiger partial charge in [-0.25, -0.2) is 9.97 Å². The highest BCUT2D eigenvalue weighted by molar-refractivity contribution is 7.20. The molecule has 4 nitrogen and oxygen atoms in total. The van der Waals surface area contributed by atoms with Gasteiger partial charge in [0.25, 0.3) is 5.91 Å². The Kier molecular flexibility index (Phi) is 5.51. The van der Waals surface area contributed by atoms with Crippen molar-refractivity contribution in [1.82, 2.24) is 15.3 Å². The fourth-order valence-corrected chi connectivity index (χ4v) is 3.93. The fourth-order valence-electron chi connectivity index (χ4n) is 2.75. The van der Waals surface area contributed by atoms with Gasteiger partial charge in [-0.3, -0.25) is 4.79 Å². The van der Waals surface area contributed by atoms with Gasteiger partial charge in [0.05, 0.1) is 4.88 Å². The summed E-state index contributed by atoms with van der Waals surface area (Å²) in [7, 11) is 0. The average Bonchev–Trinajstić information content (AvgIpc) is 2.76. The number of rotatable bonds is 6. The van der Waals surface area contributed by atoms with Gasteiger partial charge in [0.1, 0.15) is 10.7 Å². The molecule has 0 bridgehead atoms. The number of carbonyl (C=O) groups excluding carboxylic acids is 1. The Labute approximate surface area is 136 Å². The van der Waals surface area contributed by atoms with Gasteiger partial charge in [0, 0.05) is 17.1 Å². The molecule has 22 heavy (non-hydrogen) atoms. The summed E-state index contributed by atoms with van der Waals surface area (Å²) < 4.78 is 0. The highest BCUT2D eigenvalue weighted by Crippen LogP contribution is 2.31. The average molecular weight is 319 g/mol. The number of carbonyl (C=O) groups is 1. The Morgan fingerprint density at radius 1 is 1.23 bits per heavy atom. The summed E-state index contributed by atoms with van der Waals surface area (Å²) in [5.74, 6) is 0.771. The third-order valence-electron chi connectivity index (χ3n) is 3.91. The van der Waals surface area contributed by atoms with E-state index in [4.69, 9.17) is 0 Å². The van der Waals surface area contributed by atoms with E-state index in [1.165, 1.54) is 24.2 Å². The zero-order valence-electron chi connectivity index (χ0n) is 14.1. The predicted molar refractivity (Wildman–Crippen MR) is 92.7 cm³/mol. The van der Waals surface area contributed by atoms with Crippen LogP contribution in [0.5, 0.6) is 0 Å². The first-order valence-electron chi connectivity index (χ1n) is 7.99. The van der Waals surface area contributed by atoms with Crippen LogP contribution in [-0.2, 0) is 0 Å². The minimum Gasteiger partial charge on any atom is -0.349 e. The summed E-state index contributed by atoms with van der Waals surface area (Å²) in [6, 6.07) is 0.206. The van der Waals surface area contributed by atoms with E-state index < -0.39 is 0 Å². The van der Waals surface area contributed by atoms with E-state index in [0.29, 0.717) is 0 Å². The van der Waals surface area contributed by atoms with Crippen LogP contribution in [0, 0.1) is 20.8 Å². The number of unbranched alkanes of at least 4 members (excludes halogenated alkanes) is 2. The van der Waals surface area contributed by atoms with E-state index in [9.17, 15) is 4.79 Å². The number of nitrogens with one attached hydrogen (secondary N) is 1. The van der Waals surface area contributed by atoms with Crippen molar-refractivity contribution in [3.8, 4) is 0 Å². The zero-order valence-corrected chi connectivity index (χ0v) is 14.9. The normalized spacial score (nSPS) is 12.6. The number of aryl methyl sites for hydroxylation is 3. The van der Waals surface area contributed by atoms with Crippen molar-refractivity contribution in [1.29, 1.82) is 0 Å². The van der Waals surface area contributed by atoms with Crippen molar-refractivity contribution >= 4 is 27.5 Å². The minimum absolute atomic E-state index is 0.0153. The molecule has 1 atom stereocenters. The van der Waals surface area contributed by atoms with Crippen molar-refractivity contribution in [2.24, 2.45) is 0 Å². The third-order valence-corrected chi connectivity index (χ3v) is 5.09. The Hall–Kier alpha value is -1.49. The highest BCUT2D eigenvalue weighted by Gasteiger charge is 2.19. The molecule has 0 aliphatic carbocycles. The smallest absolute Gasteiger partial charge is 0.261 e. The topological polar surface area (TPSA) is 54.9 Å². The molecule has 2 rings (SSSR count). The Morgan fingerprint density at radius 2 is 1.95 bits per heavy atom. The van der Waals surface area contributed by atoms with Gasteiger partial charge in [0.2, 0.25) is 0 Å². The van der Waals surface area contributed by atoms with Crippen LogP contribution < -0.4 is 5.32 Å². The van der Waals surface area contributed by atoms with Crippen LogP contribution in [0.4, 0.5) is 0 Å². The molecule has 1 unspecified atom stereocenters. The van der Waals surface area contributed by atoms with Gasteiger partial charge >= 0.3 is 0 Å². The summed E-state index contributed by atoms with van der Waals surface area (Å²) in [4.78, 5) is 23.1. The number of amides is 1. The Bertz CT molecular complexity index is 678. The lowest BCUT2D eigenvalue weighted by molar-refractivity contribution is 0.0941. The standard InChI is InChI=1S/C17H25N3OS/c1-6-7-8-9-10(2)18-16(21)15-11(3)14-12(4)19-13(5)20-17(14)22-15/h10H,6-9H2,1-5H3,(H,18,21). The van der Waals surface area contributed by atoms with Crippen molar-refractivity contribution in [2.45, 2.75) is 66.3 Å². The van der Waals surface area contributed by atoms with Gasteiger partial charge in [0.15, 0.2) is 0 Å². The van der Waals surface area contributed by atoms with Gasteiger partial charge < -0.3 is 5.32 Å². The van der Waals surface area contributed by atoms with E-state index in [2.05, 4.69) is 29.1 Å². The van der Waals surface area contributed by atoms with Crippen LogP contribution in [0.3, 0.4) is 0 Å². The molecule has 0 spiro atoms. The maximum absolute atomic E-state index is 12.5. The second-order valence-electron chi connectivity index (χ2n) is 5.96. The first kappa shape index (κ1) is 16.9. The van der Waals surface area contributed by atoms with Crippen LogP contribution in [0.25, 0.3) is 10.2 Å². The molecule has 2 aromatic rings. The van der Waals surface area contributed by atoms with Crippen LogP contribution in [-0.4, -0.2) is 21.9 Å². The van der Waals surface area contributed by atoms with Crippen molar-refractivity contribution in [2.75, 3.05) is 0 Å². The lowest BCUT2D eigenvalue weighted by Crippen LogP contribution is -2.32. The van der Waals surface area contributed by atoms with Crippen LogP contribution in [0.1, 0.15) is 66.3 Å². The molecule has 0 fully saturated rings. The van der Waals surface area contributed by atoms with Gasteiger partial charge in [-0.1, -0.05) is 26.2 Å². The first-order valence-corrected chi connectivity index (χ1v) is 8.80. The molecule has 120 valence electrons. The molecule has 2 heterocycles. The Balaban J connectivity index is 2.18. The van der Waals surface area contributed by atoms with Gasteiger partial charge in [-0.2, -0.15) is 0 Å². The van der Waals surface area contributed by atoms with E-state index in [1.807, 2.05) is 20.8 Å². The van der Waals surface area contributed by atoms with Crippen LogP contribution in [0.15, 0.2) is 0 Å². The third kappa shape index (κ3) is 3.64. The number of thiophene rings is 1. The minimum atomic E-state index is 0.0153. The molecule has 1 N–H and O–H groups in total. The van der Waals surface area contributed by atoms with E-state index >= 15 is 0 Å². The molecule has 0 radical (unpaired) electrons. The summed E-state index contributed by atoms with van der Waals surface area (Å²) in [6.45, 7) is 10.1. The number of aromatic nitrogens is 2. The fraction of sp³-hybridized carbons (Fsp3) is 0.588. The predicted octanol–water partition coefficient (Wildman–Crippen LogP) is 4.32. The first-order chi connectivity index (χ1) is 10.4.